The van der Waals surface area contributed by atoms with Crippen molar-refractivity contribution < 1.29 is 21.6 Å². The highest BCUT2D eigenvalue weighted by molar-refractivity contribution is 7.89. The molecule has 1 saturated heterocycles. The van der Waals surface area contributed by atoms with Crippen LogP contribution in [-0.4, -0.2) is 43.8 Å². The lowest BCUT2D eigenvalue weighted by molar-refractivity contribution is 0.181. The zero-order valence-electron chi connectivity index (χ0n) is 14.3. The third-order valence-corrected chi connectivity index (χ3v) is 6.52. The molecule has 2 aromatic carbocycles. The first-order chi connectivity index (χ1) is 12.3. The van der Waals surface area contributed by atoms with Gasteiger partial charge >= 0.3 is 0 Å². The molecule has 0 atom stereocenters. The van der Waals surface area contributed by atoms with Crippen LogP contribution in [-0.2, 0) is 16.6 Å². The van der Waals surface area contributed by atoms with Gasteiger partial charge in [-0.1, -0.05) is 24.3 Å². The second kappa shape index (κ2) is 7.38. The molecule has 0 bridgehead atoms. The Hall–Kier alpha value is -1.90. The predicted octanol–water partition coefficient (Wildman–Crippen LogP) is 2.92. The zero-order valence-corrected chi connectivity index (χ0v) is 15.1. The predicted molar refractivity (Wildman–Crippen MR) is 91.5 cm³/mol. The largest absolute Gasteiger partial charge is 0.296 e. The minimum absolute atomic E-state index is 0.159. The summed E-state index contributed by atoms with van der Waals surface area (Å²) in [4.78, 5) is 1.28. The summed E-state index contributed by atoms with van der Waals surface area (Å²) in [7, 11) is -4.21. The first-order valence-electron chi connectivity index (χ1n) is 8.21. The van der Waals surface area contributed by atoms with E-state index >= 15 is 0 Å². The van der Waals surface area contributed by atoms with Gasteiger partial charge in [-0.3, -0.25) is 4.90 Å². The number of halogens is 3. The van der Waals surface area contributed by atoms with E-state index in [0.717, 1.165) is 21.5 Å². The normalized spacial score (nSPS) is 16.8. The van der Waals surface area contributed by atoms with E-state index in [9.17, 15) is 21.6 Å². The number of rotatable bonds is 4. The molecule has 8 heteroatoms. The Morgan fingerprint density at radius 3 is 2.23 bits per heavy atom. The van der Waals surface area contributed by atoms with Crippen LogP contribution in [0.15, 0.2) is 41.3 Å². The molecule has 0 unspecified atom stereocenters. The van der Waals surface area contributed by atoms with E-state index in [1.54, 1.807) is 0 Å². The fourth-order valence-electron chi connectivity index (χ4n) is 3.00. The third kappa shape index (κ3) is 3.62. The van der Waals surface area contributed by atoms with Gasteiger partial charge < -0.3 is 0 Å². The molecule has 1 aliphatic rings. The summed E-state index contributed by atoms with van der Waals surface area (Å²) in [5.41, 5.74) is 2.32. The van der Waals surface area contributed by atoms with Gasteiger partial charge in [0.1, 0.15) is 4.90 Å². The molecule has 3 rings (SSSR count). The minimum atomic E-state index is -4.21. The van der Waals surface area contributed by atoms with Crippen LogP contribution in [0.1, 0.15) is 11.1 Å². The Balaban J connectivity index is 1.71. The van der Waals surface area contributed by atoms with Crippen molar-refractivity contribution in [3.05, 3.63) is 65.0 Å². The topological polar surface area (TPSA) is 40.6 Å². The molecular formula is C18H19F3N2O2S. The van der Waals surface area contributed by atoms with E-state index < -0.39 is 32.4 Å². The van der Waals surface area contributed by atoms with Crippen molar-refractivity contribution in [2.24, 2.45) is 0 Å². The number of sulfonamides is 1. The van der Waals surface area contributed by atoms with Crippen LogP contribution >= 0.6 is 0 Å². The van der Waals surface area contributed by atoms with E-state index in [-0.39, 0.29) is 13.1 Å². The Morgan fingerprint density at radius 1 is 0.923 bits per heavy atom. The van der Waals surface area contributed by atoms with Crippen molar-refractivity contribution in [1.82, 2.24) is 9.21 Å². The van der Waals surface area contributed by atoms with Crippen LogP contribution in [0.2, 0.25) is 0 Å². The van der Waals surface area contributed by atoms with Gasteiger partial charge in [-0.05, 0) is 30.2 Å². The lowest BCUT2D eigenvalue weighted by atomic mass is 10.1. The average Bonchev–Trinajstić information content (AvgIpc) is 2.62. The lowest BCUT2D eigenvalue weighted by Gasteiger charge is -2.34. The summed E-state index contributed by atoms with van der Waals surface area (Å²) in [5.74, 6) is -4.86. The van der Waals surface area contributed by atoms with Crippen LogP contribution in [0.5, 0.6) is 0 Å². The van der Waals surface area contributed by atoms with E-state index in [0.29, 0.717) is 25.7 Å². The highest BCUT2D eigenvalue weighted by Gasteiger charge is 2.32. The minimum Gasteiger partial charge on any atom is -0.296 e. The van der Waals surface area contributed by atoms with Gasteiger partial charge in [0, 0.05) is 32.7 Å². The molecule has 0 N–H and O–H groups in total. The summed E-state index contributed by atoms with van der Waals surface area (Å²) in [6.07, 6.45) is 0. The van der Waals surface area contributed by atoms with E-state index in [1.807, 2.05) is 31.2 Å². The first kappa shape index (κ1) is 18.9. The molecule has 0 spiro atoms. The van der Waals surface area contributed by atoms with Gasteiger partial charge in [-0.2, -0.15) is 4.31 Å². The van der Waals surface area contributed by atoms with E-state index in [1.165, 1.54) is 0 Å². The monoisotopic (exact) mass is 384 g/mol. The van der Waals surface area contributed by atoms with Crippen LogP contribution in [0.25, 0.3) is 0 Å². The van der Waals surface area contributed by atoms with Gasteiger partial charge in [0.2, 0.25) is 10.0 Å². The van der Waals surface area contributed by atoms with Crippen LogP contribution in [0.4, 0.5) is 13.2 Å². The van der Waals surface area contributed by atoms with Gasteiger partial charge in [0.15, 0.2) is 17.5 Å². The van der Waals surface area contributed by atoms with Gasteiger partial charge in [0.25, 0.3) is 0 Å². The number of benzene rings is 2. The molecular weight excluding hydrogens is 365 g/mol. The standard InChI is InChI=1S/C18H19F3N2O2S/c1-13-4-2-3-5-14(13)12-22-8-10-23(11-9-22)26(24,25)16-7-6-15(19)17(20)18(16)21/h2-7H,8-12H2,1H3. The van der Waals surface area contributed by atoms with Crippen molar-refractivity contribution in [2.45, 2.75) is 18.4 Å². The fourth-order valence-corrected chi connectivity index (χ4v) is 4.48. The SMILES string of the molecule is Cc1ccccc1CN1CCN(S(=O)(=O)c2ccc(F)c(F)c2F)CC1. The number of aryl methyl sites for hydroxylation is 1. The second-order valence-corrected chi connectivity index (χ2v) is 8.19. The Bertz CT molecular complexity index is 911. The van der Waals surface area contributed by atoms with Gasteiger partial charge in [-0.15, -0.1) is 0 Å². The summed E-state index contributed by atoms with van der Waals surface area (Å²) in [5, 5.41) is 0. The molecule has 1 aliphatic heterocycles. The molecule has 26 heavy (non-hydrogen) atoms. The number of hydrogen-bond donors (Lipinski definition) is 0. The molecule has 140 valence electrons. The lowest BCUT2D eigenvalue weighted by Crippen LogP contribution is -2.48. The van der Waals surface area contributed by atoms with Crippen LogP contribution in [0.3, 0.4) is 0 Å². The molecule has 0 amide bonds. The van der Waals surface area contributed by atoms with Crippen LogP contribution in [0, 0.1) is 24.4 Å². The van der Waals surface area contributed by atoms with E-state index in [4.69, 9.17) is 0 Å². The number of hydrogen-bond acceptors (Lipinski definition) is 3. The van der Waals surface area contributed by atoms with Crippen molar-refractivity contribution >= 4 is 10.0 Å². The fraction of sp³-hybridized carbons (Fsp3) is 0.333. The molecule has 2 aromatic rings. The maximum absolute atomic E-state index is 13.9. The molecule has 0 aliphatic carbocycles. The van der Waals surface area contributed by atoms with Crippen LogP contribution < -0.4 is 0 Å². The van der Waals surface area contributed by atoms with Gasteiger partial charge in [0.05, 0.1) is 0 Å². The smallest absolute Gasteiger partial charge is 0.246 e. The molecule has 0 saturated carbocycles. The van der Waals surface area contributed by atoms with Crippen molar-refractivity contribution in [1.29, 1.82) is 0 Å². The second-order valence-electron chi connectivity index (χ2n) is 6.28. The summed E-state index contributed by atoms with van der Waals surface area (Å²) in [6, 6.07) is 9.34. The van der Waals surface area contributed by atoms with Crippen molar-refractivity contribution in [2.75, 3.05) is 26.2 Å². The maximum atomic E-state index is 13.9. The molecule has 1 heterocycles. The Kier molecular flexibility index (Phi) is 5.36. The van der Waals surface area contributed by atoms with Gasteiger partial charge in [-0.25, -0.2) is 21.6 Å². The number of piperazine rings is 1. The van der Waals surface area contributed by atoms with Crippen molar-refractivity contribution in [3.8, 4) is 0 Å². The van der Waals surface area contributed by atoms with E-state index in [2.05, 4.69) is 4.90 Å². The molecule has 1 fully saturated rings. The highest BCUT2D eigenvalue weighted by Crippen LogP contribution is 2.24. The molecule has 0 radical (unpaired) electrons. The van der Waals surface area contributed by atoms with Crippen molar-refractivity contribution in [3.63, 3.8) is 0 Å². The summed E-state index contributed by atoms with van der Waals surface area (Å²) in [6.45, 7) is 3.97. The quantitative estimate of drug-likeness (QED) is 0.761. The maximum Gasteiger partial charge on any atom is 0.246 e. The Labute approximate surface area is 150 Å². The zero-order chi connectivity index (χ0) is 18.9. The summed E-state index contributed by atoms with van der Waals surface area (Å²) < 4.78 is 66.6. The first-order valence-corrected chi connectivity index (χ1v) is 9.65. The third-order valence-electron chi connectivity index (χ3n) is 4.60. The Morgan fingerprint density at radius 2 is 1.58 bits per heavy atom. The molecule has 0 aromatic heterocycles. The average molecular weight is 384 g/mol. The summed E-state index contributed by atoms with van der Waals surface area (Å²) >= 11 is 0. The molecule has 4 nitrogen and oxygen atoms in total. The number of nitrogens with zero attached hydrogens (tertiary/aromatic N) is 2. The highest BCUT2D eigenvalue weighted by atomic mass is 32.2.